The van der Waals surface area contributed by atoms with E-state index < -0.39 is 8.07 Å². The molecule has 0 nitrogen and oxygen atoms in total. The zero-order valence-electron chi connectivity index (χ0n) is 9.28. The molecule has 0 atom stereocenters. The van der Waals surface area contributed by atoms with E-state index in [4.69, 9.17) is 0 Å². The van der Waals surface area contributed by atoms with Crippen molar-refractivity contribution in [3.63, 3.8) is 0 Å². The van der Waals surface area contributed by atoms with E-state index in [1.54, 1.807) is 0 Å². The Kier molecular flexibility index (Phi) is 4.14. The van der Waals surface area contributed by atoms with Gasteiger partial charge in [0.15, 0.2) is 8.07 Å². The van der Waals surface area contributed by atoms with Crippen LogP contribution in [0.15, 0.2) is 47.1 Å². The predicted molar refractivity (Wildman–Crippen MR) is 65.0 cm³/mol. The standard InChI is InChI=1S/C12H20Si/c1-8-13(9-2,11(5)6)12(7)10(3)4/h8-9H,1-2,5H2,3-4,6-7H3. The van der Waals surface area contributed by atoms with Crippen molar-refractivity contribution < 1.29 is 0 Å². The first-order valence-electron chi connectivity index (χ1n) is 4.50. The van der Waals surface area contributed by atoms with Crippen LogP contribution >= 0.6 is 0 Å². The topological polar surface area (TPSA) is 0 Å². The highest BCUT2D eigenvalue weighted by Crippen LogP contribution is 2.26. The second-order valence-electron chi connectivity index (χ2n) is 3.68. The van der Waals surface area contributed by atoms with Crippen LogP contribution in [0.2, 0.25) is 0 Å². The summed E-state index contributed by atoms with van der Waals surface area (Å²) in [5.74, 6) is 0. The highest BCUT2D eigenvalue weighted by atomic mass is 28.3. The molecule has 0 saturated heterocycles. The van der Waals surface area contributed by atoms with Crippen molar-refractivity contribution >= 4 is 8.07 Å². The van der Waals surface area contributed by atoms with Gasteiger partial charge in [-0.3, -0.25) is 0 Å². The molecule has 0 radical (unpaired) electrons. The van der Waals surface area contributed by atoms with E-state index in [0.29, 0.717) is 0 Å². The predicted octanol–water partition coefficient (Wildman–Crippen LogP) is 3.90. The first-order chi connectivity index (χ1) is 5.92. The van der Waals surface area contributed by atoms with E-state index in [1.165, 1.54) is 16.0 Å². The van der Waals surface area contributed by atoms with Gasteiger partial charge in [-0.05, 0) is 27.7 Å². The Hall–Kier alpha value is -0.823. The Labute approximate surface area is 83.4 Å². The van der Waals surface area contributed by atoms with Crippen LogP contribution in [-0.4, -0.2) is 8.07 Å². The molecule has 0 amide bonds. The molecular weight excluding hydrogens is 172 g/mol. The van der Waals surface area contributed by atoms with Crippen LogP contribution in [0.25, 0.3) is 0 Å². The van der Waals surface area contributed by atoms with Gasteiger partial charge in [-0.15, -0.1) is 19.7 Å². The lowest BCUT2D eigenvalue weighted by atomic mass is 10.3. The van der Waals surface area contributed by atoms with Crippen molar-refractivity contribution in [3.8, 4) is 0 Å². The van der Waals surface area contributed by atoms with Crippen LogP contribution in [0.5, 0.6) is 0 Å². The Morgan fingerprint density at radius 3 is 1.46 bits per heavy atom. The van der Waals surface area contributed by atoms with Gasteiger partial charge in [-0.25, -0.2) is 0 Å². The number of hydrogen-bond donors (Lipinski definition) is 0. The molecule has 0 aromatic heterocycles. The molecule has 0 fully saturated rings. The summed E-state index contributed by atoms with van der Waals surface area (Å²) in [6.45, 7) is 20.4. The number of allylic oxidation sites excluding steroid dienone is 3. The number of rotatable bonds is 4. The van der Waals surface area contributed by atoms with Gasteiger partial charge in [-0.2, -0.15) is 0 Å². The van der Waals surface area contributed by atoms with Gasteiger partial charge >= 0.3 is 0 Å². The summed E-state index contributed by atoms with van der Waals surface area (Å²) in [5, 5.41) is 2.61. The molecule has 0 rings (SSSR count). The van der Waals surface area contributed by atoms with Gasteiger partial charge in [0.25, 0.3) is 0 Å². The van der Waals surface area contributed by atoms with E-state index >= 15 is 0 Å². The van der Waals surface area contributed by atoms with Gasteiger partial charge in [0.2, 0.25) is 0 Å². The molecule has 1 heteroatoms. The maximum Gasteiger partial charge on any atom is 0.154 e. The van der Waals surface area contributed by atoms with Crippen LogP contribution in [0.3, 0.4) is 0 Å². The minimum Gasteiger partial charge on any atom is -0.106 e. The molecule has 13 heavy (non-hydrogen) atoms. The quantitative estimate of drug-likeness (QED) is 0.593. The fourth-order valence-corrected chi connectivity index (χ4v) is 4.42. The average molecular weight is 192 g/mol. The second-order valence-corrected chi connectivity index (χ2v) is 7.84. The highest BCUT2D eigenvalue weighted by Gasteiger charge is 2.29. The minimum atomic E-state index is -1.77. The molecule has 0 aliphatic carbocycles. The normalized spacial score (nSPS) is 10.5. The zero-order valence-corrected chi connectivity index (χ0v) is 10.3. The van der Waals surface area contributed by atoms with Crippen LogP contribution in [0, 0.1) is 0 Å². The third-order valence-corrected chi connectivity index (χ3v) is 7.16. The van der Waals surface area contributed by atoms with E-state index in [0.717, 1.165) is 0 Å². The lowest BCUT2D eigenvalue weighted by Crippen LogP contribution is -2.34. The molecule has 0 N–H and O–H groups in total. The van der Waals surface area contributed by atoms with E-state index in [-0.39, 0.29) is 0 Å². The molecule has 0 saturated carbocycles. The smallest absolute Gasteiger partial charge is 0.106 e. The van der Waals surface area contributed by atoms with E-state index in [1.807, 2.05) is 11.4 Å². The molecule has 0 aromatic carbocycles. The lowest BCUT2D eigenvalue weighted by Gasteiger charge is -2.27. The summed E-state index contributed by atoms with van der Waals surface area (Å²) in [6, 6.07) is 0. The van der Waals surface area contributed by atoms with Crippen molar-refractivity contribution in [1.82, 2.24) is 0 Å². The van der Waals surface area contributed by atoms with Crippen molar-refractivity contribution in [3.05, 3.63) is 47.1 Å². The first kappa shape index (κ1) is 12.2. The Morgan fingerprint density at radius 1 is 1.00 bits per heavy atom. The van der Waals surface area contributed by atoms with Crippen LogP contribution in [0.4, 0.5) is 0 Å². The number of hydrogen-bond acceptors (Lipinski definition) is 0. The van der Waals surface area contributed by atoms with Crippen molar-refractivity contribution in [2.24, 2.45) is 0 Å². The first-order valence-corrected chi connectivity index (χ1v) is 6.65. The second kappa shape index (κ2) is 4.42. The largest absolute Gasteiger partial charge is 0.154 e. The average Bonchev–Trinajstić information content (AvgIpc) is 2.06. The van der Waals surface area contributed by atoms with E-state index in [2.05, 4.69) is 47.4 Å². The van der Waals surface area contributed by atoms with Crippen LogP contribution in [-0.2, 0) is 0 Å². The monoisotopic (exact) mass is 192 g/mol. The van der Waals surface area contributed by atoms with Crippen molar-refractivity contribution in [2.45, 2.75) is 27.7 Å². The fourth-order valence-electron chi connectivity index (χ4n) is 1.47. The maximum atomic E-state index is 4.06. The molecule has 0 aromatic rings. The zero-order chi connectivity index (χ0) is 10.6. The summed E-state index contributed by atoms with van der Waals surface area (Å²) in [6.07, 6.45) is 0. The van der Waals surface area contributed by atoms with Crippen molar-refractivity contribution in [1.29, 1.82) is 0 Å². The van der Waals surface area contributed by atoms with Gasteiger partial charge in [0.05, 0.1) is 0 Å². The molecule has 0 aliphatic heterocycles. The third-order valence-electron chi connectivity index (χ3n) is 2.72. The van der Waals surface area contributed by atoms with Gasteiger partial charge in [0, 0.05) is 0 Å². The summed E-state index contributed by atoms with van der Waals surface area (Å²) < 4.78 is 0. The van der Waals surface area contributed by atoms with Gasteiger partial charge < -0.3 is 0 Å². The molecule has 0 bridgehead atoms. The molecular formula is C12H20Si. The SMILES string of the molecule is C=C[Si](C=C)(C(=C)C)C(C)=C(C)C. The third kappa shape index (κ3) is 2.10. The summed E-state index contributed by atoms with van der Waals surface area (Å²) in [5.41, 5.74) is 5.45. The fraction of sp³-hybridized carbons (Fsp3) is 0.333. The lowest BCUT2D eigenvalue weighted by molar-refractivity contribution is 1.31. The van der Waals surface area contributed by atoms with Crippen molar-refractivity contribution in [2.75, 3.05) is 0 Å². The molecule has 0 aliphatic rings. The molecule has 72 valence electrons. The molecule has 0 unspecified atom stereocenters. The summed E-state index contributed by atoms with van der Waals surface area (Å²) in [4.78, 5) is 0. The van der Waals surface area contributed by atoms with Gasteiger partial charge in [-0.1, -0.05) is 27.4 Å². The molecule has 0 spiro atoms. The Bertz CT molecular complexity index is 257. The summed E-state index contributed by atoms with van der Waals surface area (Å²) >= 11 is 0. The Morgan fingerprint density at radius 2 is 1.38 bits per heavy atom. The highest BCUT2D eigenvalue weighted by molar-refractivity contribution is 7.00. The molecule has 0 heterocycles. The minimum absolute atomic E-state index is 1.20. The maximum absolute atomic E-state index is 4.06. The van der Waals surface area contributed by atoms with Gasteiger partial charge in [0.1, 0.15) is 0 Å². The van der Waals surface area contributed by atoms with E-state index in [9.17, 15) is 0 Å². The summed E-state index contributed by atoms with van der Waals surface area (Å²) in [7, 11) is -1.77. The van der Waals surface area contributed by atoms with Crippen LogP contribution < -0.4 is 0 Å². The van der Waals surface area contributed by atoms with Crippen LogP contribution in [0.1, 0.15) is 27.7 Å². The Balaban J connectivity index is 5.50.